The highest BCUT2D eigenvalue weighted by atomic mass is 16.6. The molecule has 1 aromatic carbocycles. The van der Waals surface area contributed by atoms with Gasteiger partial charge < -0.3 is 20.3 Å². The number of urea groups is 1. The van der Waals surface area contributed by atoms with Gasteiger partial charge in [0.2, 0.25) is 11.5 Å². The third kappa shape index (κ3) is 3.63. The fourth-order valence-corrected chi connectivity index (χ4v) is 6.08. The van der Waals surface area contributed by atoms with Gasteiger partial charge in [0.1, 0.15) is 6.54 Å². The zero-order chi connectivity index (χ0) is 23.2. The van der Waals surface area contributed by atoms with Gasteiger partial charge in [-0.2, -0.15) is 0 Å². The van der Waals surface area contributed by atoms with Gasteiger partial charge in [0.05, 0.1) is 0 Å². The Balaban J connectivity index is 1.33. The second-order valence-electron chi connectivity index (χ2n) is 9.50. The predicted octanol–water partition coefficient (Wildman–Crippen LogP) is 2.74. The second kappa shape index (κ2) is 8.35. The minimum Gasteiger partial charge on any atom is -0.427 e. The van der Waals surface area contributed by atoms with Gasteiger partial charge in [-0.1, -0.05) is 18.9 Å². The number of anilines is 1. The number of carbonyl (C=O) groups excluding carboxylic acids is 4. The van der Waals surface area contributed by atoms with E-state index in [2.05, 4.69) is 10.6 Å². The van der Waals surface area contributed by atoms with Gasteiger partial charge in [0, 0.05) is 37.3 Å². The number of amides is 5. The number of hydrogen-bond donors (Lipinski definition) is 2. The molecule has 0 bridgehead atoms. The molecule has 2 aliphatic heterocycles. The number of imide groups is 1. The van der Waals surface area contributed by atoms with Gasteiger partial charge in [0.25, 0.3) is 5.91 Å². The monoisotopic (exact) mass is 454 g/mol. The topological polar surface area (TPSA) is 108 Å². The van der Waals surface area contributed by atoms with E-state index in [9.17, 15) is 19.2 Å². The number of aryl methyl sites for hydroxylation is 1. The number of fused-ring (bicyclic) bond motifs is 3. The van der Waals surface area contributed by atoms with Crippen LogP contribution in [0.2, 0.25) is 0 Å². The van der Waals surface area contributed by atoms with Crippen molar-refractivity contribution in [2.45, 2.75) is 63.0 Å². The largest absolute Gasteiger partial charge is 0.427 e. The number of ether oxygens (including phenoxy) is 1. The van der Waals surface area contributed by atoms with Crippen LogP contribution in [0.4, 0.5) is 15.3 Å². The second-order valence-corrected chi connectivity index (χ2v) is 9.50. The molecule has 2 N–H and O–H groups in total. The molecule has 9 nitrogen and oxygen atoms in total. The zero-order valence-electron chi connectivity index (χ0n) is 18.9. The van der Waals surface area contributed by atoms with Crippen LogP contribution in [-0.4, -0.2) is 59.9 Å². The minimum atomic E-state index is -1.38. The van der Waals surface area contributed by atoms with Gasteiger partial charge in [-0.25, -0.2) is 14.5 Å². The van der Waals surface area contributed by atoms with Crippen LogP contribution in [0.3, 0.4) is 0 Å². The predicted molar refractivity (Wildman–Crippen MR) is 119 cm³/mol. The molecule has 4 aliphatic rings. The van der Waals surface area contributed by atoms with Gasteiger partial charge in [0.15, 0.2) is 0 Å². The fraction of sp³-hybridized carbons (Fsp3) is 0.583. The van der Waals surface area contributed by atoms with Crippen LogP contribution in [-0.2, 0) is 26.3 Å². The van der Waals surface area contributed by atoms with E-state index in [1.807, 2.05) is 4.90 Å². The number of hydrogen-bond acceptors (Lipinski definition) is 5. The van der Waals surface area contributed by atoms with E-state index >= 15 is 0 Å². The Kier molecular flexibility index (Phi) is 5.50. The van der Waals surface area contributed by atoms with Crippen molar-refractivity contribution in [2.24, 2.45) is 5.92 Å². The smallest absolute Gasteiger partial charge is 0.418 e. The molecule has 0 radical (unpaired) electrons. The molecule has 2 heterocycles. The Bertz CT molecular complexity index is 1010. The third-order valence-corrected chi connectivity index (χ3v) is 7.70. The van der Waals surface area contributed by atoms with Crippen LogP contribution in [0.25, 0.3) is 0 Å². The first-order valence-electron chi connectivity index (χ1n) is 11.9. The molecule has 3 fully saturated rings. The highest BCUT2D eigenvalue weighted by Gasteiger charge is 2.58. The van der Waals surface area contributed by atoms with Crippen LogP contribution < -0.4 is 10.6 Å². The third-order valence-electron chi connectivity index (χ3n) is 7.70. The summed E-state index contributed by atoms with van der Waals surface area (Å²) in [6.07, 6.45) is 6.70. The number of carbonyl (C=O) groups is 4. The van der Waals surface area contributed by atoms with Crippen molar-refractivity contribution in [1.82, 2.24) is 15.1 Å². The summed E-state index contributed by atoms with van der Waals surface area (Å²) in [5.74, 6) is -0.107. The standard InChI is InChI=1S/C24H30N4O5/c1-25-22(31)26-17-8-9-18-16(13-17)10-11-24(18)21(30)28(23(32)33-24)14-20(29)27-12-4-6-15-5-2-3-7-19(15)27/h8-9,13,15,19H,2-7,10-12,14H2,1H3,(H2,25,26,31). The highest BCUT2D eigenvalue weighted by molar-refractivity contribution is 6.06. The molecule has 3 unspecified atom stereocenters. The molecule has 2 aliphatic carbocycles. The van der Waals surface area contributed by atoms with Gasteiger partial charge in [-0.3, -0.25) is 9.59 Å². The summed E-state index contributed by atoms with van der Waals surface area (Å²) in [4.78, 5) is 53.9. The van der Waals surface area contributed by atoms with E-state index in [4.69, 9.17) is 4.74 Å². The first-order valence-corrected chi connectivity index (χ1v) is 11.9. The van der Waals surface area contributed by atoms with Crippen LogP contribution in [0.15, 0.2) is 18.2 Å². The molecule has 1 saturated carbocycles. The minimum absolute atomic E-state index is 0.169. The summed E-state index contributed by atoms with van der Waals surface area (Å²) < 4.78 is 5.67. The Labute approximate surface area is 192 Å². The van der Waals surface area contributed by atoms with E-state index in [1.54, 1.807) is 18.2 Å². The maximum Gasteiger partial charge on any atom is 0.418 e. The Morgan fingerprint density at radius 2 is 1.94 bits per heavy atom. The SMILES string of the molecule is CNC(=O)Nc1ccc2c(c1)CCC21OC(=O)N(CC(=O)N2CCCC3CCCCC32)C1=O. The van der Waals surface area contributed by atoms with E-state index in [1.165, 1.54) is 13.5 Å². The van der Waals surface area contributed by atoms with Crippen LogP contribution in [0.5, 0.6) is 0 Å². The summed E-state index contributed by atoms with van der Waals surface area (Å²) in [6, 6.07) is 5.09. The lowest BCUT2D eigenvalue weighted by atomic mass is 9.78. The lowest BCUT2D eigenvalue weighted by Gasteiger charge is -2.44. The zero-order valence-corrected chi connectivity index (χ0v) is 18.9. The van der Waals surface area contributed by atoms with Crippen LogP contribution in [0.1, 0.15) is 56.1 Å². The Morgan fingerprint density at radius 3 is 2.76 bits per heavy atom. The Hall–Kier alpha value is -3.10. The fourth-order valence-electron chi connectivity index (χ4n) is 6.08. The van der Waals surface area contributed by atoms with Crippen LogP contribution >= 0.6 is 0 Å². The maximum absolute atomic E-state index is 13.4. The molecule has 5 amide bonds. The van der Waals surface area contributed by atoms with E-state index < -0.39 is 17.6 Å². The number of piperidine rings is 1. The van der Waals surface area contributed by atoms with Crippen molar-refractivity contribution in [3.05, 3.63) is 29.3 Å². The van der Waals surface area contributed by atoms with Crippen molar-refractivity contribution < 1.29 is 23.9 Å². The van der Waals surface area contributed by atoms with Gasteiger partial charge in [-0.05, 0) is 55.7 Å². The molecule has 5 rings (SSSR count). The highest BCUT2D eigenvalue weighted by Crippen LogP contribution is 2.46. The number of nitrogens with one attached hydrogen (secondary N) is 2. The average Bonchev–Trinajstić information content (AvgIpc) is 3.30. The number of benzene rings is 1. The molecule has 0 aromatic heterocycles. The van der Waals surface area contributed by atoms with Crippen molar-refractivity contribution in [3.8, 4) is 0 Å². The summed E-state index contributed by atoms with van der Waals surface area (Å²) in [6.45, 7) is 0.417. The maximum atomic E-state index is 13.4. The Morgan fingerprint density at radius 1 is 1.15 bits per heavy atom. The van der Waals surface area contributed by atoms with E-state index in [0.717, 1.165) is 42.6 Å². The van der Waals surface area contributed by atoms with Crippen molar-refractivity contribution in [2.75, 3.05) is 25.5 Å². The summed E-state index contributed by atoms with van der Waals surface area (Å²) in [5.41, 5.74) is 0.692. The molecule has 2 saturated heterocycles. The molecule has 1 aromatic rings. The van der Waals surface area contributed by atoms with Crippen molar-refractivity contribution in [1.29, 1.82) is 0 Å². The molecule has 9 heteroatoms. The quantitative estimate of drug-likeness (QED) is 0.730. The molecular formula is C24H30N4O5. The number of nitrogens with zero attached hydrogens (tertiary/aromatic N) is 2. The average molecular weight is 455 g/mol. The molecule has 176 valence electrons. The first-order chi connectivity index (χ1) is 15.9. The lowest BCUT2D eigenvalue weighted by molar-refractivity contribution is -0.144. The van der Waals surface area contributed by atoms with E-state index in [-0.39, 0.29) is 24.5 Å². The summed E-state index contributed by atoms with van der Waals surface area (Å²) in [5, 5.41) is 5.21. The molecular weight excluding hydrogens is 424 g/mol. The normalized spacial score (nSPS) is 28.4. The number of rotatable bonds is 3. The van der Waals surface area contributed by atoms with Crippen molar-refractivity contribution >= 4 is 29.6 Å². The number of likely N-dealkylation sites (tertiary alicyclic amines) is 1. The van der Waals surface area contributed by atoms with Crippen molar-refractivity contribution in [3.63, 3.8) is 0 Å². The molecule has 1 spiro atoms. The van der Waals surface area contributed by atoms with Crippen LogP contribution in [0, 0.1) is 5.92 Å². The summed E-state index contributed by atoms with van der Waals surface area (Å²) in [7, 11) is 1.53. The lowest BCUT2D eigenvalue weighted by Crippen LogP contribution is -2.53. The first kappa shape index (κ1) is 21.7. The molecule has 33 heavy (non-hydrogen) atoms. The van der Waals surface area contributed by atoms with Gasteiger partial charge in [-0.15, -0.1) is 0 Å². The summed E-state index contributed by atoms with van der Waals surface area (Å²) >= 11 is 0. The van der Waals surface area contributed by atoms with Gasteiger partial charge >= 0.3 is 12.1 Å². The molecule has 3 atom stereocenters. The van der Waals surface area contributed by atoms with E-state index in [0.29, 0.717) is 36.6 Å².